The van der Waals surface area contributed by atoms with Crippen molar-refractivity contribution in [3.8, 4) is 0 Å². The SMILES string of the molecule is C=C1/C(=C\C=C2/CCC[C@]3(C)C([C@H](C)CCCC(C)C)CC[C@@H]23)C[C@H](O)C[C@@H]1O. The molecule has 2 nitrogen and oxygen atoms in total. The fraction of sp³-hybridized carbons (Fsp3) is 0.778. The van der Waals surface area contributed by atoms with E-state index in [4.69, 9.17) is 0 Å². The quantitative estimate of drug-likeness (QED) is 0.528. The Morgan fingerprint density at radius 2 is 1.90 bits per heavy atom. The minimum Gasteiger partial charge on any atom is -0.393 e. The molecule has 3 aliphatic carbocycles. The molecule has 0 aromatic heterocycles. The highest BCUT2D eigenvalue weighted by Crippen LogP contribution is 2.59. The van der Waals surface area contributed by atoms with Gasteiger partial charge in [-0.25, -0.2) is 0 Å². The summed E-state index contributed by atoms with van der Waals surface area (Å²) in [6.07, 6.45) is 15.2. The number of hydrogen-bond donors (Lipinski definition) is 2. The van der Waals surface area contributed by atoms with E-state index in [9.17, 15) is 10.2 Å². The lowest BCUT2D eigenvalue weighted by Crippen LogP contribution is -2.36. The Hall–Kier alpha value is -0.860. The van der Waals surface area contributed by atoms with Gasteiger partial charge in [0.1, 0.15) is 0 Å². The molecule has 1 unspecified atom stereocenters. The highest BCUT2D eigenvalue weighted by molar-refractivity contribution is 5.38. The first-order chi connectivity index (χ1) is 13.7. The van der Waals surface area contributed by atoms with E-state index in [0.29, 0.717) is 24.2 Å². The molecule has 0 spiro atoms. The zero-order valence-electron chi connectivity index (χ0n) is 19.3. The van der Waals surface area contributed by atoms with Crippen molar-refractivity contribution in [3.63, 3.8) is 0 Å². The summed E-state index contributed by atoms with van der Waals surface area (Å²) in [6, 6.07) is 0. The van der Waals surface area contributed by atoms with Crippen LogP contribution in [0.1, 0.15) is 91.9 Å². The van der Waals surface area contributed by atoms with Gasteiger partial charge in [0.05, 0.1) is 12.2 Å². The van der Waals surface area contributed by atoms with Crippen LogP contribution >= 0.6 is 0 Å². The normalized spacial score (nSPS) is 39.3. The third kappa shape index (κ3) is 5.07. The van der Waals surface area contributed by atoms with Crippen LogP contribution in [0.3, 0.4) is 0 Å². The van der Waals surface area contributed by atoms with Crippen LogP contribution in [0.4, 0.5) is 0 Å². The highest BCUT2D eigenvalue weighted by atomic mass is 16.3. The van der Waals surface area contributed by atoms with Crippen molar-refractivity contribution in [3.05, 3.63) is 35.5 Å². The fourth-order valence-corrected chi connectivity index (χ4v) is 6.73. The molecule has 3 aliphatic rings. The van der Waals surface area contributed by atoms with Crippen LogP contribution in [0.5, 0.6) is 0 Å². The van der Waals surface area contributed by atoms with Gasteiger partial charge in [-0.15, -0.1) is 0 Å². The Labute approximate surface area is 179 Å². The van der Waals surface area contributed by atoms with Gasteiger partial charge in [-0.1, -0.05) is 71.3 Å². The Balaban J connectivity index is 1.71. The lowest BCUT2D eigenvalue weighted by molar-refractivity contribution is 0.0861. The monoisotopic (exact) mass is 400 g/mol. The molecule has 0 radical (unpaired) electrons. The van der Waals surface area contributed by atoms with Crippen molar-refractivity contribution < 1.29 is 10.2 Å². The molecule has 164 valence electrons. The summed E-state index contributed by atoms with van der Waals surface area (Å²) in [4.78, 5) is 0. The van der Waals surface area contributed by atoms with Gasteiger partial charge >= 0.3 is 0 Å². The van der Waals surface area contributed by atoms with Crippen molar-refractivity contribution in [2.24, 2.45) is 29.1 Å². The van der Waals surface area contributed by atoms with E-state index in [1.807, 2.05) is 0 Å². The number of rotatable bonds is 6. The molecule has 0 heterocycles. The Morgan fingerprint density at radius 3 is 2.62 bits per heavy atom. The molecule has 2 N–H and O–H groups in total. The Morgan fingerprint density at radius 1 is 1.14 bits per heavy atom. The predicted octanol–water partition coefficient (Wildman–Crippen LogP) is 6.59. The molecule has 0 aromatic rings. The van der Waals surface area contributed by atoms with Crippen LogP contribution < -0.4 is 0 Å². The van der Waals surface area contributed by atoms with Gasteiger partial charge in [-0.3, -0.25) is 0 Å². The number of fused-ring (bicyclic) bond motifs is 1. The molecular formula is C27H44O2. The van der Waals surface area contributed by atoms with Crippen LogP contribution in [-0.4, -0.2) is 22.4 Å². The van der Waals surface area contributed by atoms with Crippen molar-refractivity contribution in [2.75, 3.05) is 0 Å². The average Bonchev–Trinajstić information content (AvgIpc) is 3.00. The molecule has 0 amide bonds. The first kappa shape index (κ1) is 22.8. The van der Waals surface area contributed by atoms with E-state index >= 15 is 0 Å². The van der Waals surface area contributed by atoms with Crippen molar-refractivity contribution in [2.45, 2.75) is 104 Å². The summed E-state index contributed by atoms with van der Waals surface area (Å²) < 4.78 is 0. The topological polar surface area (TPSA) is 40.5 Å². The average molecular weight is 401 g/mol. The summed E-state index contributed by atoms with van der Waals surface area (Å²) in [5.74, 6) is 3.20. The van der Waals surface area contributed by atoms with Gasteiger partial charge in [0.15, 0.2) is 0 Å². The lowest BCUT2D eigenvalue weighted by Gasteiger charge is -2.44. The summed E-state index contributed by atoms with van der Waals surface area (Å²) in [6.45, 7) is 13.8. The Bertz CT molecular complexity index is 643. The standard InChI is InChI=1S/C27H44O2/c1-18(2)8-6-9-19(3)24-13-14-25-21(10-7-15-27(24,25)5)11-12-22-16-23(28)17-26(29)20(22)4/h11-12,18-19,23-26,28-29H,4,6-10,13-17H2,1-3,5H3/b21-11+,22-12-/t19-,23+,24?,25+,26+,27-/m1/s1. The largest absolute Gasteiger partial charge is 0.393 e. The maximum absolute atomic E-state index is 10.1. The fourth-order valence-electron chi connectivity index (χ4n) is 6.73. The third-order valence-electron chi connectivity index (χ3n) is 8.43. The first-order valence-corrected chi connectivity index (χ1v) is 12.2. The first-order valence-electron chi connectivity index (χ1n) is 12.2. The van der Waals surface area contributed by atoms with Crippen LogP contribution in [0.25, 0.3) is 0 Å². The molecule has 0 saturated heterocycles. The van der Waals surface area contributed by atoms with Gasteiger partial charge in [0.25, 0.3) is 0 Å². The summed E-state index contributed by atoms with van der Waals surface area (Å²) in [5.41, 5.74) is 3.88. The van der Waals surface area contributed by atoms with Crippen LogP contribution in [-0.2, 0) is 0 Å². The summed E-state index contributed by atoms with van der Waals surface area (Å²) in [7, 11) is 0. The van der Waals surface area contributed by atoms with E-state index in [1.54, 1.807) is 5.57 Å². The van der Waals surface area contributed by atoms with Gasteiger partial charge in [0, 0.05) is 6.42 Å². The van der Waals surface area contributed by atoms with Gasteiger partial charge < -0.3 is 10.2 Å². The maximum Gasteiger partial charge on any atom is 0.0811 e. The van der Waals surface area contributed by atoms with E-state index in [0.717, 1.165) is 28.9 Å². The van der Waals surface area contributed by atoms with Crippen molar-refractivity contribution in [1.82, 2.24) is 0 Å². The second-order valence-corrected chi connectivity index (χ2v) is 11.0. The molecule has 6 atom stereocenters. The van der Waals surface area contributed by atoms with Crippen molar-refractivity contribution in [1.29, 1.82) is 0 Å². The summed E-state index contributed by atoms with van der Waals surface area (Å²) in [5, 5.41) is 20.2. The zero-order valence-corrected chi connectivity index (χ0v) is 19.3. The number of hydrogen-bond acceptors (Lipinski definition) is 2. The van der Waals surface area contributed by atoms with Gasteiger partial charge in [-0.05, 0) is 78.8 Å². The smallest absolute Gasteiger partial charge is 0.0811 e. The van der Waals surface area contributed by atoms with Crippen LogP contribution in [0.15, 0.2) is 35.5 Å². The molecule has 0 bridgehead atoms. The number of aliphatic hydroxyl groups is 2. The molecular weight excluding hydrogens is 356 g/mol. The molecule has 3 rings (SSSR count). The van der Waals surface area contributed by atoms with E-state index in [-0.39, 0.29) is 0 Å². The molecule has 2 heteroatoms. The summed E-state index contributed by atoms with van der Waals surface area (Å²) >= 11 is 0. The predicted molar refractivity (Wildman–Crippen MR) is 123 cm³/mol. The van der Waals surface area contributed by atoms with E-state index in [2.05, 4.69) is 46.4 Å². The number of allylic oxidation sites excluding steroid dienone is 3. The second kappa shape index (κ2) is 9.52. The second-order valence-electron chi connectivity index (χ2n) is 11.0. The molecule has 0 aromatic carbocycles. The number of aliphatic hydroxyl groups excluding tert-OH is 2. The molecule has 3 saturated carbocycles. The molecule has 3 fully saturated rings. The van der Waals surface area contributed by atoms with Gasteiger partial charge in [-0.2, -0.15) is 0 Å². The highest BCUT2D eigenvalue weighted by Gasteiger charge is 2.50. The van der Waals surface area contributed by atoms with E-state index < -0.39 is 12.2 Å². The maximum atomic E-state index is 10.1. The lowest BCUT2D eigenvalue weighted by atomic mass is 9.60. The van der Waals surface area contributed by atoms with Gasteiger partial charge in [0.2, 0.25) is 0 Å². The third-order valence-corrected chi connectivity index (χ3v) is 8.43. The minimum atomic E-state index is -0.595. The van der Waals surface area contributed by atoms with Crippen LogP contribution in [0, 0.1) is 29.1 Å². The van der Waals surface area contributed by atoms with E-state index in [1.165, 1.54) is 51.4 Å². The zero-order chi connectivity index (χ0) is 21.2. The Kier molecular flexibility index (Phi) is 7.49. The molecule has 29 heavy (non-hydrogen) atoms. The molecule has 0 aliphatic heterocycles. The van der Waals surface area contributed by atoms with Crippen LogP contribution in [0.2, 0.25) is 0 Å². The minimum absolute atomic E-state index is 0.420. The van der Waals surface area contributed by atoms with Crippen molar-refractivity contribution >= 4 is 0 Å².